The Morgan fingerprint density at radius 1 is 1.00 bits per heavy atom. The Balaban J connectivity index is 1.26. The van der Waals surface area contributed by atoms with Crippen LogP contribution in [0.3, 0.4) is 0 Å². The highest BCUT2D eigenvalue weighted by molar-refractivity contribution is 7.90. The summed E-state index contributed by atoms with van der Waals surface area (Å²) in [5.74, 6) is -0.0169. The zero-order valence-electron chi connectivity index (χ0n) is 26.8. The van der Waals surface area contributed by atoms with Gasteiger partial charge in [0.05, 0.1) is 18.0 Å². The van der Waals surface area contributed by atoms with E-state index in [0.717, 1.165) is 53.9 Å². The lowest BCUT2D eigenvalue weighted by atomic mass is 9.69. The van der Waals surface area contributed by atoms with Crippen molar-refractivity contribution in [3.63, 3.8) is 0 Å². The highest BCUT2D eigenvalue weighted by atomic mass is 35.5. The second kappa shape index (κ2) is 12.8. The number of nitrogens with one attached hydrogen (secondary N) is 1. The number of carbonyl (C=O) groups is 2. The summed E-state index contributed by atoms with van der Waals surface area (Å²) in [6.45, 7) is 4.75. The number of halogens is 1. The zero-order valence-corrected chi connectivity index (χ0v) is 28.4. The quantitative estimate of drug-likeness (QED) is 0.357. The molecular weight excluding hydrogens is 634 g/mol. The van der Waals surface area contributed by atoms with Crippen LogP contribution >= 0.6 is 11.6 Å². The molecule has 2 aliphatic heterocycles. The van der Waals surface area contributed by atoms with Gasteiger partial charge in [-0.1, -0.05) is 47.5 Å². The molecule has 0 saturated heterocycles. The lowest BCUT2D eigenvalue weighted by Crippen LogP contribution is -2.51. The van der Waals surface area contributed by atoms with Gasteiger partial charge < -0.3 is 14.5 Å². The fraction of sp³-hybridized carbons (Fsp3) is 0.459. The van der Waals surface area contributed by atoms with E-state index in [4.69, 9.17) is 16.3 Å². The fourth-order valence-corrected chi connectivity index (χ4v) is 9.19. The Morgan fingerprint density at radius 2 is 1.83 bits per heavy atom. The lowest BCUT2D eigenvalue weighted by molar-refractivity contribution is -0.141. The van der Waals surface area contributed by atoms with E-state index in [1.807, 2.05) is 17.9 Å². The van der Waals surface area contributed by atoms with Crippen molar-refractivity contribution in [2.45, 2.75) is 63.8 Å². The molecule has 2 aliphatic carbocycles. The maximum Gasteiger partial charge on any atom is 0.264 e. The minimum Gasteiger partial charge on any atom is -0.490 e. The summed E-state index contributed by atoms with van der Waals surface area (Å²) in [6, 6.07) is 19.5. The SMILES string of the molecule is Cc1ccc(CN2CCCCS(=O)(=O)NC(=O)c3ccc4c(c3)N(C[C@@H]3CC[C@H]3C2=O)C[C@@]2(CCCc3cc(Cl)ccc32)CO4)cc1. The third kappa shape index (κ3) is 6.61. The van der Waals surface area contributed by atoms with Crippen molar-refractivity contribution in [1.82, 2.24) is 9.62 Å². The van der Waals surface area contributed by atoms with Gasteiger partial charge in [0.2, 0.25) is 15.9 Å². The molecule has 8 nitrogen and oxygen atoms in total. The summed E-state index contributed by atoms with van der Waals surface area (Å²) in [4.78, 5) is 31.8. The second-order valence-corrected chi connectivity index (χ2v) is 16.2. The van der Waals surface area contributed by atoms with Gasteiger partial charge in [-0.25, -0.2) is 13.1 Å². The van der Waals surface area contributed by atoms with Crippen LogP contribution in [0.25, 0.3) is 0 Å². The van der Waals surface area contributed by atoms with Crippen LogP contribution in [-0.4, -0.2) is 57.1 Å². The van der Waals surface area contributed by atoms with E-state index < -0.39 is 15.9 Å². The summed E-state index contributed by atoms with van der Waals surface area (Å²) in [6.07, 6.45) is 5.54. The van der Waals surface area contributed by atoms with Gasteiger partial charge >= 0.3 is 0 Å². The molecule has 0 aromatic heterocycles. The van der Waals surface area contributed by atoms with Crippen molar-refractivity contribution in [3.8, 4) is 5.75 Å². The van der Waals surface area contributed by atoms with E-state index in [0.29, 0.717) is 51.4 Å². The van der Waals surface area contributed by atoms with Crippen molar-refractivity contribution in [2.75, 3.05) is 36.9 Å². The number of nitrogens with zero attached hydrogens (tertiary/aromatic N) is 2. The van der Waals surface area contributed by atoms with Crippen LogP contribution in [0.2, 0.25) is 5.02 Å². The molecule has 2 bridgehead atoms. The third-order valence-corrected chi connectivity index (χ3v) is 12.2. The summed E-state index contributed by atoms with van der Waals surface area (Å²) in [7, 11) is -3.87. The van der Waals surface area contributed by atoms with E-state index in [9.17, 15) is 18.0 Å². The molecule has 7 rings (SSSR count). The first-order chi connectivity index (χ1) is 22.6. The van der Waals surface area contributed by atoms with Crippen molar-refractivity contribution >= 4 is 39.1 Å². The maximum absolute atomic E-state index is 14.2. The molecule has 1 N–H and O–H groups in total. The Kier molecular flexibility index (Phi) is 8.72. The number of anilines is 1. The molecule has 0 radical (unpaired) electrons. The monoisotopic (exact) mass is 675 g/mol. The number of ether oxygens (including phenoxy) is 1. The van der Waals surface area contributed by atoms with Gasteiger partial charge in [0.15, 0.2) is 0 Å². The van der Waals surface area contributed by atoms with Crippen molar-refractivity contribution in [2.24, 2.45) is 11.8 Å². The summed E-state index contributed by atoms with van der Waals surface area (Å²) in [5.41, 5.74) is 5.41. The molecular formula is C37H42ClN3O5S. The van der Waals surface area contributed by atoms with Crippen LogP contribution in [0.1, 0.15) is 71.1 Å². The van der Waals surface area contributed by atoms with Crippen molar-refractivity contribution in [1.29, 1.82) is 0 Å². The first kappa shape index (κ1) is 32.0. The van der Waals surface area contributed by atoms with E-state index in [1.165, 1.54) is 11.1 Å². The Hall–Kier alpha value is -3.56. The van der Waals surface area contributed by atoms with Crippen LogP contribution in [-0.2, 0) is 33.2 Å². The topological polar surface area (TPSA) is 96.0 Å². The van der Waals surface area contributed by atoms with Gasteiger partial charge in [-0.15, -0.1) is 0 Å². The third-order valence-electron chi connectivity index (χ3n) is 10.6. The smallest absolute Gasteiger partial charge is 0.264 e. The second-order valence-electron chi connectivity index (χ2n) is 13.9. The predicted octanol–water partition coefficient (Wildman–Crippen LogP) is 6.03. The van der Waals surface area contributed by atoms with Crippen LogP contribution in [0.15, 0.2) is 60.7 Å². The molecule has 1 spiro atoms. The molecule has 1 saturated carbocycles. The molecule has 1 fully saturated rings. The number of sulfonamides is 1. The first-order valence-electron chi connectivity index (χ1n) is 16.8. The number of amides is 2. The van der Waals surface area contributed by atoms with E-state index >= 15 is 0 Å². The van der Waals surface area contributed by atoms with Gasteiger partial charge in [-0.05, 0) is 105 Å². The molecule has 10 heteroatoms. The number of aryl methyl sites for hydroxylation is 2. The Morgan fingerprint density at radius 3 is 2.62 bits per heavy atom. The number of hydrogen-bond donors (Lipinski definition) is 1. The van der Waals surface area contributed by atoms with Gasteiger partial charge in [0.25, 0.3) is 5.91 Å². The largest absolute Gasteiger partial charge is 0.490 e. The summed E-state index contributed by atoms with van der Waals surface area (Å²) >= 11 is 6.42. The Bertz CT molecular complexity index is 1800. The van der Waals surface area contributed by atoms with Crippen LogP contribution in [0, 0.1) is 18.8 Å². The predicted molar refractivity (Wildman–Crippen MR) is 184 cm³/mol. The van der Waals surface area contributed by atoms with Gasteiger partial charge in [-0.3, -0.25) is 9.59 Å². The summed E-state index contributed by atoms with van der Waals surface area (Å²) < 4.78 is 34.8. The van der Waals surface area contributed by atoms with Gasteiger partial charge in [-0.2, -0.15) is 0 Å². The average Bonchev–Trinajstić information content (AvgIpc) is 3.17. The summed E-state index contributed by atoms with van der Waals surface area (Å²) in [5, 5.41) is 0.722. The zero-order chi connectivity index (χ0) is 32.8. The number of fused-ring (bicyclic) bond motifs is 4. The number of benzene rings is 3. The van der Waals surface area contributed by atoms with Crippen LogP contribution < -0.4 is 14.4 Å². The van der Waals surface area contributed by atoms with Gasteiger partial charge in [0.1, 0.15) is 5.75 Å². The molecule has 0 unspecified atom stereocenters. The average molecular weight is 676 g/mol. The number of hydrogen-bond acceptors (Lipinski definition) is 6. The molecule has 2 heterocycles. The highest BCUT2D eigenvalue weighted by Gasteiger charge is 2.45. The van der Waals surface area contributed by atoms with E-state index in [1.54, 1.807) is 18.2 Å². The maximum atomic E-state index is 14.2. The molecule has 3 aromatic rings. The molecule has 2 amide bonds. The Labute approximate surface area is 282 Å². The normalized spacial score (nSPS) is 25.9. The molecule has 3 atom stereocenters. The van der Waals surface area contributed by atoms with Crippen LogP contribution in [0.5, 0.6) is 5.75 Å². The van der Waals surface area contributed by atoms with E-state index in [-0.39, 0.29) is 34.5 Å². The van der Waals surface area contributed by atoms with Crippen molar-refractivity contribution < 1.29 is 22.7 Å². The van der Waals surface area contributed by atoms with E-state index in [2.05, 4.69) is 46.0 Å². The minimum atomic E-state index is -3.87. The highest BCUT2D eigenvalue weighted by Crippen LogP contribution is 2.46. The number of carbonyl (C=O) groups excluding carboxylic acids is 2. The first-order valence-corrected chi connectivity index (χ1v) is 18.8. The van der Waals surface area contributed by atoms with Crippen LogP contribution in [0.4, 0.5) is 5.69 Å². The van der Waals surface area contributed by atoms with Gasteiger partial charge in [0, 0.05) is 48.1 Å². The minimum absolute atomic E-state index is 0.121. The lowest BCUT2D eigenvalue weighted by Gasteiger charge is -2.45. The number of rotatable bonds is 2. The molecule has 4 aliphatic rings. The molecule has 3 aromatic carbocycles. The standard InChI is InChI=1S/C37H42ClN3O5S/c1-25-6-8-26(9-7-25)21-40-17-2-3-18-47(44,45)39-35(42)28-11-15-34-33(20-28)41(22-29-10-13-31(29)36(40)43)23-37(24-46-34)16-4-5-27-19-30(38)12-14-32(27)37/h6-9,11-12,14-15,19-20,29,31H,2-5,10,13,16-18,21-24H2,1H3,(H,39,42)/t29-,31+,37-/m0/s1. The molecule has 248 valence electrons. The fourth-order valence-electron chi connectivity index (χ4n) is 7.91. The van der Waals surface area contributed by atoms with Crippen molar-refractivity contribution in [3.05, 3.63) is 93.5 Å². The molecule has 47 heavy (non-hydrogen) atoms.